The Labute approximate surface area is 175 Å². The van der Waals surface area contributed by atoms with Gasteiger partial charge in [-0.2, -0.15) is 0 Å². The lowest BCUT2D eigenvalue weighted by molar-refractivity contribution is -0.110. The molecule has 2 aromatic rings. The van der Waals surface area contributed by atoms with Gasteiger partial charge < -0.3 is 26.5 Å². The lowest BCUT2D eigenvalue weighted by atomic mass is 10.1. The third-order valence-corrected chi connectivity index (χ3v) is 4.23. The second-order valence-electron chi connectivity index (χ2n) is 6.75. The van der Waals surface area contributed by atoms with E-state index in [4.69, 9.17) is 21.9 Å². The van der Waals surface area contributed by atoms with E-state index in [0.717, 1.165) is 6.42 Å². The van der Waals surface area contributed by atoms with Crippen LogP contribution < -0.4 is 27.3 Å². The molecule has 1 aromatic heterocycles. The zero-order chi connectivity index (χ0) is 22.3. The monoisotopic (exact) mass is 415 g/mol. The normalized spacial score (nSPS) is 12.3. The third kappa shape index (κ3) is 5.35. The van der Waals surface area contributed by atoms with Crippen molar-refractivity contribution in [1.82, 2.24) is 9.55 Å². The number of allylic oxidation sites excluding steroid dienone is 1. The molecular weight excluding hydrogens is 386 g/mol. The lowest BCUT2D eigenvalue weighted by Crippen LogP contribution is -2.25. The molecule has 0 aliphatic rings. The number of anilines is 1. The fourth-order valence-corrected chi connectivity index (χ4v) is 2.89. The molecule has 7 N–H and O–H groups in total. The van der Waals surface area contributed by atoms with Crippen LogP contribution in [0.1, 0.15) is 37.0 Å². The standard InChI is InChI=1S/C20H29N7O3/c1-4-7-24-15(9-12(2)22)19(29)26-20-25-14-10-13(18(23)28)11-16(30-3)17(14)27(20)8-5-6-21/h9-11H,4-8,21-22H2,1-3H3,(H2,23,28)(H,25,26,29). The minimum atomic E-state index is -0.602. The van der Waals surface area contributed by atoms with Crippen molar-refractivity contribution in [2.24, 2.45) is 22.2 Å². The van der Waals surface area contributed by atoms with E-state index in [0.29, 0.717) is 48.5 Å². The molecule has 0 atom stereocenters. The van der Waals surface area contributed by atoms with Gasteiger partial charge in [-0.15, -0.1) is 0 Å². The molecule has 0 aliphatic carbocycles. The van der Waals surface area contributed by atoms with Crippen molar-refractivity contribution in [3.05, 3.63) is 29.5 Å². The topological polar surface area (TPSA) is 164 Å². The van der Waals surface area contributed by atoms with Crippen molar-refractivity contribution in [2.45, 2.75) is 33.2 Å². The van der Waals surface area contributed by atoms with E-state index in [1.165, 1.54) is 13.2 Å². The Morgan fingerprint density at radius 2 is 2.07 bits per heavy atom. The predicted octanol–water partition coefficient (Wildman–Crippen LogP) is 1.14. The maximum absolute atomic E-state index is 12.9. The van der Waals surface area contributed by atoms with Gasteiger partial charge in [0.25, 0.3) is 5.91 Å². The molecule has 0 radical (unpaired) electrons. The number of carbonyl (C=O) groups is 2. The van der Waals surface area contributed by atoms with Crippen LogP contribution in [0.15, 0.2) is 28.9 Å². The number of hydrogen-bond donors (Lipinski definition) is 4. The third-order valence-electron chi connectivity index (χ3n) is 4.23. The Bertz CT molecular complexity index is 988. The summed E-state index contributed by atoms with van der Waals surface area (Å²) >= 11 is 0. The molecule has 0 saturated heterocycles. The molecule has 10 nitrogen and oxygen atoms in total. The number of primary amides is 1. The van der Waals surface area contributed by atoms with E-state index in [1.807, 2.05) is 6.92 Å². The Kier molecular flexibility index (Phi) is 7.93. The fourth-order valence-electron chi connectivity index (χ4n) is 2.89. The van der Waals surface area contributed by atoms with Gasteiger partial charge in [0.05, 0.1) is 12.6 Å². The summed E-state index contributed by atoms with van der Waals surface area (Å²) in [5, 5.41) is 2.79. The quantitative estimate of drug-likeness (QED) is 0.425. The number of aliphatic imine (C=N–C) groups is 1. The molecule has 0 unspecified atom stereocenters. The molecule has 162 valence electrons. The number of imidazole rings is 1. The summed E-state index contributed by atoms with van der Waals surface area (Å²) < 4.78 is 7.24. The Morgan fingerprint density at radius 3 is 2.63 bits per heavy atom. The van der Waals surface area contributed by atoms with Gasteiger partial charge in [0.15, 0.2) is 0 Å². The van der Waals surface area contributed by atoms with E-state index in [2.05, 4.69) is 15.3 Å². The summed E-state index contributed by atoms with van der Waals surface area (Å²) in [4.78, 5) is 33.3. The molecule has 0 saturated carbocycles. The molecule has 0 fully saturated rings. The second kappa shape index (κ2) is 10.4. The summed E-state index contributed by atoms with van der Waals surface area (Å²) in [7, 11) is 1.49. The van der Waals surface area contributed by atoms with Gasteiger partial charge in [-0.25, -0.2) is 4.98 Å². The number of nitrogens with two attached hydrogens (primary N) is 3. The Hall–Kier alpha value is -3.40. The summed E-state index contributed by atoms with van der Waals surface area (Å²) in [5.41, 5.74) is 18.9. The number of methoxy groups -OCH3 is 1. The smallest absolute Gasteiger partial charge is 0.276 e. The number of ether oxygens (including phenoxy) is 1. The Balaban J connectivity index is 2.57. The number of nitrogens with zero attached hydrogens (tertiary/aromatic N) is 3. The van der Waals surface area contributed by atoms with Gasteiger partial charge in [0, 0.05) is 24.4 Å². The largest absolute Gasteiger partial charge is 0.494 e. The van der Waals surface area contributed by atoms with Crippen LogP contribution >= 0.6 is 0 Å². The SMILES string of the molecule is CCCN=C(C=C(C)N)C(=O)Nc1nc2cc(C(N)=O)cc(OC)c2n1CCCN. The number of aryl methyl sites for hydroxylation is 1. The molecule has 0 spiro atoms. The maximum atomic E-state index is 12.9. The van der Waals surface area contributed by atoms with Crippen molar-refractivity contribution < 1.29 is 14.3 Å². The first-order valence-corrected chi connectivity index (χ1v) is 9.70. The molecule has 2 rings (SSSR count). The lowest BCUT2D eigenvalue weighted by Gasteiger charge is -2.12. The number of hydrogen-bond acceptors (Lipinski definition) is 7. The highest BCUT2D eigenvalue weighted by atomic mass is 16.5. The van der Waals surface area contributed by atoms with Crippen molar-refractivity contribution in [1.29, 1.82) is 0 Å². The zero-order valence-electron chi connectivity index (χ0n) is 17.6. The van der Waals surface area contributed by atoms with E-state index in [1.54, 1.807) is 23.6 Å². The molecule has 1 heterocycles. The highest BCUT2D eigenvalue weighted by molar-refractivity contribution is 6.47. The van der Waals surface area contributed by atoms with Crippen LogP contribution in [0.3, 0.4) is 0 Å². The first kappa shape index (κ1) is 22.9. The minimum Gasteiger partial charge on any atom is -0.494 e. The van der Waals surface area contributed by atoms with E-state index in [9.17, 15) is 9.59 Å². The van der Waals surface area contributed by atoms with Crippen molar-refractivity contribution in [3.63, 3.8) is 0 Å². The molecular formula is C20H29N7O3. The number of aromatic nitrogens is 2. The predicted molar refractivity (Wildman–Crippen MR) is 118 cm³/mol. The number of fused-ring (bicyclic) bond motifs is 1. The number of benzene rings is 1. The van der Waals surface area contributed by atoms with Crippen molar-refractivity contribution in [2.75, 3.05) is 25.5 Å². The average molecular weight is 415 g/mol. The number of carbonyl (C=O) groups excluding carboxylic acids is 2. The number of rotatable bonds is 10. The van der Waals surface area contributed by atoms with E-state index in [-0.39, 0.29) is 17.2 Å². The summed E-state index contributed by atoms with van der Waals surface area (Å²) in [6.07, 6.45) is 2.95. The first-order chi connectivity index (χ1) is 14.3. The van der Waals surface area contributed by atoms with Gasteiger partial charge in [0.2, 0.25) is 11.9 Å². The molecule has 0 bridgehead atoms. The van der Waals surface area contributed by atoms with Crippen LogP contribution in [-0.4, -0.2) is 47.3 Å². The van der Waals surface area contributed by atoms with Gasteiger partial charge in [-0.05, 0) is 44.5 Å². The van der Waals surface area contributed by atoms with Gasteiger partial charge in [0.1, 0.15) is 17.0 Å². The van der Waals surface area contributed by atoms with E-state index >= 15 is 0 Å². The highest BCUT2D eigenvalue weighted by Crippen LogP contribution is 2.30. The molecule has 0 aliphatic heterocycles. The van der Waals surface area contributed by atoms with Gasteiger partial charge >= 0.3 is 0 Å². The van der Waals surface area contributed by atoms with Crippen LogP contribution in [0.4, 0.5) is 5.95 Å². The molecule has 30 heavy (non-hydrogen) atoms. The fraction of sp³-hybridized carbons (Fsp3) is 0.400. The van der Waals surface area contributed by atoms with Crippen LogP contribution in [0.2, 0.25) is 0 Å². The van der Waals surface area contributed by atoms with Crippen LogP contribution in [-0.2, 0) is 11.3 Å². The van der Waals surface area contributed by atoms with Crippen LogP contribution in [0, 0.1) is 0 Å². The number of nitrogens with one attached hydrogen (secondary N) is 1. The van der Waals surface area contributed by atoms with Gasteiger partial charge in [-0.3, -0.25) is 19.9 Å². The van der Waals surface area contributed by atoms with Crippen LogP contribution in [0.5, 0.6) is 5.75 Å². The minimum absolute atomic E-state index is 0.207. The highest BCUT2D eigenvalue weighted by Gasteiger charge is 2.20. The van der Waals surface area contributed by atoms with Crippen molar-refractivity contribution >= 4 is 34.5 Å². The second-order valence-corrected chi connectivity index (χ2v) is 6.75. The molecule has 1 aromatic carbocycles. The Morgan fingerprint density at radius 1 is 1.33 bits per heavy atom. The number of amides is 2. The summed E-state index contributed by atoms with van der Waals surface area (Å²) in [6, 6.07) is 3.11. The van der Waals surface area contributed by atoms with E-state index < -0.39 is 11.8 Å². The maximum Gasteiger partial charge on any atom is 0.276 e. The van der Waals surface area contributed by atoms with Gasteiger partial charge in [-0.1, -0.05) is 6.92 Å². The zero-order valence-corrected chi connectivity index (χ0v) is 17.6. The summed E-state index contributed by atoms with van der Waals surface area (Å²) in [5.74, 6) is -0.332. The first-order valence-electron chi connectivity index (χ1n) is 9.70. The molecule has 10 heteroatoms. The van der Waals surface area contributed by atoms with Crippen LogP contribution in [0.25, 0.3) is 11.0 Å². The average Bonchev–Trinajstić information content (AvgIpc) is 3.05. The van der Waals surface area contributed by atoms with Crippen molar-refractivity contribution in [3.8, 4) is 5.75 Å². The molecule has 2 amide bonds. The summed E-state index contributed by atoms with van der Waals surface area (Å²) in [6.45, 7) is 5.08.